The predicted molar refractivity (Wildman–Crippen MR) is 77.0 cm³/mol. The van der Waals surface area contributed by atoms with Gasteiger partial charge in [0.2, 0.25) is 11.8 Å². The third kappa shape index (κ3) is 2.01. The second-order valence-electron chi connectivity index (χ2n) is 5.33. The first-order chi connectivity index (χ1) is 9.59. The zero-order valence-electron chi connectivity index (χ0n) is 11.2. The number of carbonyl (C=O) groups excluding carboxylic acids is 2. The Bertz CT molecular complexity index is 661. The number of hydrogen-bond acceptors (Lipinski definition) is 2. The van der Waals surface area contributed by atoms with E-state index in [-0.39, 0.29) is 18.2 Å². The molecule has 0 aliphatic carbocycles. The summed E-state index contributed by atoms with van der Waals surface area (Å²) in [5.41, 5.74) is 2.37. The Labute approximate surface area is 117 Å². The minimum absolute atomic E-state index is 0.204. The first kappa shape index (κ1) is 12.6. The van der Waals surface area contributed by atoms with E-state index in [0.717, 1.165) is 16.7 Å². The smallest absolute Gasteiger partial charge is 0.237 e. The maximum absolute atomic E-state index is 11.9. The van der Waals surface area contributed by atoms with Crippen LogP contribution < -0.4 is 5.32 Å². The average molecular weight is 265 g/mol. The van der Waals surface area contributed by atoms with Gasteiger partial charge in [-0.25, -0.2) is 0 Å². The van der Waals surface area contributed by atoms with Crippen molar-refractivity contribution in [3.8, 4) is 11.1 Å². The van der Waals surface area contributed by atoms with Crippen LogP contribution in [0.15, 0.2) is 54.6 Å². The van der Waals surface area contributed by atoms with Crippen LogP contribution in [0.1, 0.15) is 18.9 Å². The van der Waals surface area contributed by atoms with E-state index in [1.54, 1.807) is 0 Å². The van der Waals surface area contributed by atoms with Crippen LogP contribution in [0, 0.1) is 0 Å². The largest absolute Gasteiger partial charge is 0.296 e. The van der Waals surface area contributed by atoms with Gasteiger partial charge in [0.05, 0.1) is 5.41 Å². The van der Waals surface area contributed by atoms with Crippen molar-refractivity contribution in [2.75, 3.05) is 0 Å². The molecule has 2 amide bonds. The highest BCUT2D eigenvalue weighted by atomic mass is 16.2. The van der Waals surface area contributed by atoms with Crippen LogP contribution >= 0.6 is 0 Å². The molecule has 1 atom stereocenters. The Hall–Kier alpha value is -2.42. The number of hydrogen-bond donors (Lipinski definition) is 1. The van der Waals surface area contributed by atoms with Gasteiger partial charge in [-0.15, -0.1) is 0 Å². The first-order valence-electron chi connectivity index (χ1n) is 6.60. The van der Waals surface area contributed by atoms with Crippen molar-refractivity contribution >= 4 is 11.8 Å². The van der Waals surface area contributed by atoms with E-state index in [1.807, 2.05) is 61.5 Å². The molecule has 3 rings (SSSR count). The van der Waals surface area contributed by atoms with Gasteiger partial charge in [0.25, 0.3) is 0 Å². The molecule has 3 heteroatoms. The molecule has 1 N–H and O–H groups in total. The van der Waals surface area contributed by atoms with E-state index >= 15 is 0 Å². The molecular formula is C17H15NO2. The van der Waals surface area contributed by atoms with Gasteiger partial charge in [-0.05, 0) is 23.6 Å². The highest BCUT2D eigenvalue weighted by molar-refractivity contribution is 6.08. The minimum atomic E-state index is -0.744. The summed E-state index contributed by atoms with van der Waals surface area (Å²) in [6, 6.07) is 17.9. The summed E-state index contributed by atoms with van der Waals surface area (Å²) in [6.07, 6.45) is 0.219. The van der Waals surface area contributed by atoms with E-state index in [0.29, 0.717) is 0 Å². The molecule has 2 aromatic rings. The van der Waals surface area contributed by atoms with Crippen molar-refractivity contribution in [2.45, 2.75) is 18.8 Å². The highest BCUT2D eigenvalue weighted by Gasteiger charge is 2.43. The molecule has 1 aliphatic rings. The normalized spacial score (nSPS) is 21.9. The summed E-state index contributed by atoms with van der Waals surface area (Å²) in [7, 11) is 0. The SMILES string of the molecule is CC1(c2ccc(-c3ccccc3)cc2)CC(=O)NC1=O. The van der Waals surface area contributed by atoms with Crippen LogP contribution in [-0.4, -0.2) is 11.8 Å². The molecule has 1 saturated heterocycles. The van der Waals surface area contributed by atoms with Gasteiger partial charge in [-0.3, -0.25) is 14.9 Å². The molecule has 1 fully saturated rings. The van der Waals surface area contributed by atoms with Gasteiger partial charge in [0.15, 0.2) is 0 Å². The van der Waals surface area contributed by atoms with Crippen molar-refractivity contribution in [3.63, 3.8) is 0 Å². The Kier molecular flexibility index (Phi) is 2.90. The van der Waals surface area contributed by atoms with Gasteiger partial charge < -0.3 is 0 Å². The Morgan fingerprint density at radius 1 is 0.900 bits per heavy atom. The van der Waals surface area contributed by atoms with Crippen LogP contribution in [0.25, 0.3) is 11.1 Å². The van der Waals surface area contributed by atoms with Gasteiger partial charge in [-0.1, -0.05) is 54.6 Å². The summed E-state index contributed by atoms with van der Waals surface area (Å²) in [4.78, 5) is 23.3. The Balaban J connectivity index is 1.94. The molecule has 1 aliphatic heterocycles. The third-order valence-electron chi connectivity index (χ3n) is 3.90. The fourth-order valence-electron chi connectivity index (χ4n) is 2.60. The molecule has 2 aromatic carbocycles. The fourth-order valence-corrected chi connectivity index (χ4v) is 2.60. The summed E-state index contributed by atoms with van der Waals surface area (Å²) in [5, 5.41) is 2.37. The highest BCUT2D eigenvalue weighted by Crippen LogP contribution is 2.33. The van der Waals surface area contributed by atoms with Crippen molar-refractivity contribution in [1.29, 1.82) is 0 Å². The zero-order valence-corrected chi connectivity index (χ0v) is 11.2. The number of carbonyl (C=O) groups is 2. The molecule has 0 spiro atoms. The third-order valence-corrected chi connectivity index (χ3v) is 3.90. The van der Waals surface area contributed by atoms with Gasteiger partial charge >= 0.3 is 0 Å². The zero-order chi connectivity index (χ0) is 14.2. The van der Waals surface area contributed by atoms with Crippen molar-refractivity contribution in [1.82, 2.24) is 5.32 Å². The molecule has 1 heterocycles. The topological polar surface area (TPSA) is 46.2 Å². The lowest BCUT2D eigenvalue weighted by molar-refractivity contribution is -0.126. The number of nitrogens with one attached hydrogen (secondary N) is 1. The quantitative estimate of drug-likeness (QED) is 0.848. The maximum atomic E-state index is 11.9. The van der Waals surface area contributed by atoms with Crippen molar-refractivity contribution in [2.24, 2.45) is 0 Å². The van der Waals surface area contributed by atoms with E-state index in [4.69, 9.17) is 0 Å². The molecule has 0 saturated carbocycles. The number of amides is 2. The molecule has 20 heavy (non-hydrogen) atoms. The molecule has 0 radical (unpaired) electrons. The molecule has 0 aromatic heterocycles. The predicted octanol–water partition coefficient (Wildman–Crippen LogP) is 2.66. The molecule has 1 unspecified atom stereocenters. The van der Waals surface area contributed by atoms with E-state index in [1.165, 1.54) is 0 Å². The minimum Gasteiger partial charge on any atom is -0.296 e. The molecule has 3 nitrogen and oxygen atoms in total. The monoisotopic (exact) mass is 265 g/mol. The molecular weight excluding hydrogens is 250 g/mol. The van der Waals surface area contributed by atoms with Crippen molar-refractivity contribution < 1.29 is 9.59 Å². The van der Waals surface area contributed by atoms with Crippen LogP contribution in [0.2, 0.25) is 0 Å². The van der Waals surface area contributed by atoms with E-state index in [9.17, 15) is 9.59 Å². The summed E-state index contributed by atoms with van der Waals surface area (Å²) < 4.78 is 0. The summed E-state index contributed by atoms with van der Waals surface area (Å²) in [5.74, 6) is -0.417. The number of rotatable bonds is 2. The first-order valence-corrected chi connectivity index (χ1v) is 6.60. The van der Waals surface area contributed by atoms with Crippen LogP contribution in [0.4, 0.5) is 0 Å². The Morgan fingerprint density at radius 2 is 1.50 bits per heavy atom. The summed E-state index contributed by atoms with van der Waals surface area (Å²) >= 11 is 0. The lowest BCUT2D eigenvalue weighted by Crippen LogP contribution is -2.32. The molecule has 100 valence electrons. The standard InChI is InChI=1S/C17H15NO2/c1-17(11-15(19)18-16(17)20)14-9-7-13(8-10-14)12-5-3-2-4-6-12/h2-10H,11H2,1H3,(H,18,19,20). The second-order valence-corrected chi connectivity index (χ2v) is 5.33. The Morgan fingerprint density at radius 3 is 2.05 bits per heavy atom. The summed E-state index contributed by atoms with van der Waals surface area (Å²) in [6.45, 7) is 1.81. The lowest BCUT2D eigenvalue weighted by Gasteiger charge is -2.20. The average Bonchev–Trinajstić information content (AvgIpc) is 2.74. The number of imide groups is 1. The van der Waals surface area contributed by atoms with Crippen LogP contribution in [0.3, 0.4) is 0 Å². The van der Waals surface area contributed by atoms with Gasteiger partial charge in [-0.2, -0.15) is 0 Å². The van der Waals surface area contributed by atoms with Gasteiger partial charge in [0, 0.05) is 6.42 Å². The fraction of sp³-hybridized carbons (Fsp3) is 0.176. The van der Waals surface area contributed by atoms with E-state index < -0.39 is 5.41 Å². The lowest BCUT2D eigenvalue weighted by atomic mass is 9.80. The van der Waals surface area contributed by atoms with E-state index in [2.05, 4.69) is 5.32 Å². The van der Waals surface area contributed by atoms with Crippen LogP contribution in [-0.2, 0) is 15.0 Å². The maximum Gasteiger partial charge on any atom is 0.237 e. The molecule has 0 bridgehead atoms. The van der Waals surface area contributed by atoms with Crippen molar-refractivity contribution in [3.05, 3.63) is 60.2 Å². The second kappa shape index (κ2) is 4.60. The van der Waals surface area contributed by atoms with Gasteiger partial charge in [0.1, 0.15) is 0 Å². The van der Waals surface area contributed by atoms with Crippen LogP contribution in [0.5, 0.6) is 0 Å². The number of benzene rings is 2.